The quantitative estimate of drug-likeness (QED) is 0.835. The van der Waals surface area contributed by atoms with Gasteiger partial charge in [0, 0.05) is 31.7 Å². The summed E-state index contributed by atoms with van der Waals surface area (Å²) in [6, 6.07) is 9.96. The van der Waals surface area contributed by atoms with Crippen molar-refractivity contribution in [3.63, 3.8) is 0 Å². The second kappa shape index (κ2) is 4.98. The summed E-state index contributed by atoms with van der Waals surface area (Å²) in [4.78, 5) is 2.54. The number of benzene rings is 1. The van der Waals surface area contributed by atoms with Gasteiger partial charge >= 0.3 is 0 Å². The minimum atomic E-state index is 0.576. The zero-order valence-corrected chi connectivity index (χ0v) is 10.5. The summed E-state index contributed by atoms with van der Waals surface area (Å²) >= 11 is 0. The van der Waals surface area contributed by atoms with E-state index in [1.807, 2.05) is 0 Å². The molecule has 0 saturated heterocycles. The van der Waals surface area contributed by atoms with Gasteiger partial charge in [0.2, 0.25) is 0 Å². The van der Waals surface area contributed by atoms with E-state index < -0.39 is 0 Å². The summed E-state index contributed by atoms with van der Waals surface area (Å²) in [6.45, 7) is 10.00. The molecule has 1 aliphatic rings. The maximum atomic E-state index is 3.51. The lowest BCUT2D eigenvalue weighted by atomic mass is 10.1. The van der Waals surface area contributed by atoms with E-state index >= 15 is 0 Å². The summed E-state index contributed by atoms with van der Waals surface area (Å²) < 4.78 is 0. The van der Waals surface area contributed by atoms with E-state index in [4.69, 9.17) is 0 Å². The zero-order valence-electron chi connectivity index (χ0n) is 10.5. The maximum absolute atomic E-state index is 3.51. The largest absolute Gasteiger partial charge is 0.313 e. The molecule has 0 spiro atoms. The molecule has 0 aliphatic carbocycles. The maximum Gasteiger partial charge on any atom is 0.0243 e. The van der Waals surface area contributed by atoms with Crippen molar-refractivity contribution in [3.05, 3.63) is 35.4 Å². The van der Waals surface area contributed by atoms with E-state index in [9.17, 15) is 0 Å². The highest BCUT2D eigenvalue weighted by Crippen LogP contribution is 2.23. The summed E-state index contributed by atoms with van der Waals surface area (Å²) in [5.41, 5.74) is 3.00. The van der Waals surface area contributed by atoms with Crippen molar-refractivity contribution in [1.29, 1.82) is 0 Å². The smallest absolute Gasteiger partial charge is 0.0243 e. The molecule has 88 valence electrons. The molecule has 0 amide bonds. The molecule has 0 bridgehead atoms. The van der Waals surface area contributed by atoms with Gasteiger partial charge in [0.15, 0.2) is 0 Å². The molecule has 0 radical (unpaired) electrons. The van der Waals surface area contributed by atoms with E-state index in [0.29, 0.717) is 12.1 Å². The third kappa shape index (κ3) is 2.63. The van der Waals surface area contributed by atoms with E-state index in [0.717, 1.165) is 19.6 Å². The van der Waals surface area contributed by atoms with Crippen LogP contribution < -0.4 is 5.32 Å². The van der Waals surface area contributed by atoms with Gasteiger partial charge in [-0.1, -0.05) is 38.1 Å². The number of hydrogen-bond acceptors (Lipinski definition) is 2. The highest BCUT2D eigenvalue weighted by Gasteiger charge is 2.22. The second-order valence-corrected chi connectivity index (χ2v) is 5.09. The molecule has 1 N–H and O–H groups in total. The molecule has 1 aromatic carbocycles. The van der Waals surface area contributed by atoms with Crippen molar-refractivity contribution in [3.8, 4) is 0 Å². The van der Waals surface area contributed by atoms with Gasteiger partial charge in [0.05, 0.1) is 0 Å². The van der Waals surface area contributed by atoms with Gasteiger partial charge in [-0.15, -0.1) is 0 Å². The van der Waals surface area contributed by atoms with Crippen molar-refractivity contribution in [2.24, 2.45) is 0 Å². The monoisotopic (exact) mass is 218 g/mol. The molecule has 16 heavy (non-hydrogen) atoms. The van der Waals surface area contributed by atoms with Crippen LogP contribution in [0.3, 0.4) is 0 Å². The average Bonchev–Trinajstić information content (AvgIpc) is 2.69. The van der Waals surface area contributed by atoms with E-state index in [1.165, 1.54) is 11.1 Å². The van der Waals surface area contributed by atoms with Gasteiger partial charge in [-0.3, -0.25) is 4.90 Å². The first-order valence-corrected chi connectivity index (χ1v) is 6.21. The Morgan fingerprint density at radius 1 is 1.12 bits per heavy atom. The Morgan fingerprint density at radius 3 is 2.19 bits per heavy atom. The molecule has 0 saturated carbocycles. The molecular formula is C14H22N2. The lowest BCUT2D eigenvalue weighted by Crippen LogP contribution is -2.39. The third-order valence-corrected chi connectivity index (χ3v) is 3.31. The van der Waals surface area contributed by atoms with E-state index in [2.05, 4.69) is 55.3 Å². The summed E-state index contributed by atoms with van der Waals surface area (Å²) in [5, 5.41) is 3.51. The van der Waals surface area contributed by atoms with Crippen LogP contribution in [0.1, 0.15) is 31.9 Å². The number of hydrogen-bond donors (Lipinski definition) is 1. The fourth-order valence-electron chi connectivity index (χ4n) is 2.21. The number of nitrogens with one attached hydrogen (secondary N) is 1. The van der Waals surface area contributed by atoms with Gasteiger partial charge in [-0.05, 0) is 18.1 Å². The topological polar surface area (TPSA) is 15.3 Å². The fourth-order valence-corrected chi connectivity index (χ4v) is 2.21. The Morgan fingerprint density at radius 2 is 1.69 bits per heavy atom. The van der Waals surface area contributed by atoms with Crippen LogP contribution in [0.4, 0.5) is 0 Å². The fraction of sp³-hybridized carbons (Fsp3) is 0.571. The Labute approximate surface area is 98.7 Å². The van der Waals surface area contributed by atoms with Gasteiger partial charge in [0.25, 0.3) is 0 Å². The van der Waals surface area contributed by atoms with Gasteiger partial charge < -0.3 is 5.32 Å². The molecule has 1 atom stereocenters. The van der Waals surface area contributed by atoms with E-state index in [1.54, 1.807) is 0 Å². The molecule has 2 rings (SSSR count). The Balaban J connectivity index is 1.90. The van der Waals surface area contributed by atoms with Gasteiger partial charge in [-0.2, -0.15) is 0 Å². The van der Waals surface area contributed by atoms with E-state index in [-0.39, 0.29) is 0 Å². The molecule has 1 aliphatic heterocycles. The molecule has 2 heteroatoms. The van der Waals surface area contributed by atoms with Crippen LogP contribution in [-0.4, -0.2) is 23.5 Å². The molecular weight excluding hydrogens is 196 g/mol. The van der Waals surface area contributed by atoms with Crippen LogP contribution in [0.25, 0.3) is 0 Å². The lowest BCUT2D eigenvalue weighted by Gasteiger charge is -2.25. The first kappa shape index (κ1) is 11.6. The van der Waals surface area contributed by atoms with Gasteiger partial charge in [0.1, 0.15) is 0 Å². The van der Waals surface area contributed by atoms with Crippen molar-refractivity contribution in [2.45, 2.75) is 45.9 Å². The standard InChI is InChI=1S/C14H22N2/c1-11(2)15-8-12(3)16-9-13-6-4-5-7-14(13)10-16/h4-7,11-12,15H,8-10H2,1-3H3. The minimum Gasteiger partial charge on any atom is -0.313 e. The van der Waals surface area contributed by atoms with Crippen LogP contribution in [-0.2, 0) is 13.1 Å². The summed E-state index contributed by atoms with van der Waals surface area (Å²) in [5.74, 6) is 0. The van der Waals surface area contributed by atoms with Gasteiger partial charge in [-0.25, -0.2) is 0 Å². The van der Waals surface area contributed by atoms with Crippen LogP contribution in [0.2, 0.25) is 0 Å². The Bertz CT molecular complexity index is 321. The summed E-state index contributed by atoms with van der Waals surface area (Å²) in [6.07, 6.45) is 0. The van der Waals surface area contributed by atoms with Crippen LogP contribution >= 0.6 is 0 Å². The minimum absolute atomic E-state index is 0.576. The highest BCUT2D eigenvalue weighted by atomic mass is 15.2. The van der Waals surface area contributed by atoms with Crippen molar-refractivity contribution >= 4 is 0 Å². The molecule has 1 heterocycles. The first-order chi connectivity index (χ1) is 7.66. The molecule has 0 fully saturated rings. The summed E-state index contributed by atoms with van der Waals surface area (Å²) in [7, 11) is 0. The van der Waals surface area contributed by atoms with Crippen molar-refractivity contribution in [2.75, 3.05) is 6.54 Å². The Kier molecular flexibility index (Phi) is 3.62. The number of nitrogens with zero attached hydrogens (tertiary/aromatic N) is 1. The number of fused-ring (bicyclic) bond motifs is 1. The predicted octanol–water partition coefficient (Wildman–Crippen LogP) is 2.39. The first-order valence-electron chi connectivity index (χ1n) is 6.21. The second-order valence-electron chi connectivity index (χ2n) is 5.09. The zero-order chi connectivity index (χ0) is 11.5. The van der Waals surface area contributed by atoms with Crippen LogP contribution in [0, 0.1) is 0 Å². The Hall–Kier alpha value is -0.860. The highest BCUT2D eigenvalue weighted by molar-refractivity contribution is 5.30. The molecule has 0 aromatic heterocycles. The van der Waals surface area contributed by atoms with Crippen LogP contribution in [0.5, 0.6) is 0 Å². The molecule has 1 unspecified atom stereocenters. The molecule has 1 aromatic rings. The van der Waals surface area contributed by atoms with Crippen LogP contribution in [0.15, 0.2) is 24.3 Å². The predicted molar refractivity (Wildman–Crippen MR) is 68.3 cm³/mol. The van der Waals surface area contributed by atoms with Crippen molar-refractivity contribution in [1.82, 2.24) is 10.2 Å². The molecule has 2 nitrogen and oxygen atoms in total. The average molecular weight is 218 g/mol. The third-order valence-electron chi connectivity index (χ3n) is 3.31. The van der Waals surface area contributed by atoms with Crippen molar-refractivity contribution < 1.29 is 0 Å². The normalized spacial score (nSPS) is 17.8. The number of rotatable bonds is 4. The SMILES string of the molecule is CC(C)NCC(C)N1Cc2ccccc2C1. The lowest BCUT2D eigenvalue weighted by molar-refractivity contribution is 0.205.